The molecule has 1 saturated heterocycles. The summed E-state index contributed by atoms with van der Waals surface area (Å²) >= 11 is 0. The summed E-state index contributed by atoms with van der Waals surface area (Å²) in [7, 11) is 0. The van der Waals surface area contributed by atoms with Crippen molar-refractivity contribution in [2.75, 3.05) is 19.6 Å². The molecule has 1 aliphatic heterocycles. The van der Waals surface area contributed by atoms with Crippen LogP contribution < -0.4 is 10.6 Å². The highest BCUT2D eigenvalue weighted by Crippen LogP contribution is 2.31. The molecule has 7 nitrogen and oxygen atoms in total. The van der Waals surface area contributed by atoms with Crippen LogP contribution in [0.3, 0.4) is 0 Å². The van der Waals surface area contributed by atoms with Crippen molar-refractivity contribution in [2.45, 2.75) is 76.7 Å². The van der Waals surface area contributed by atoms with Crippen LogP contribution in [0.15, 0.2) is 0 Å². The Morgan fingerprint density at radius 3 is 2.50 bits per heavy atom. The van der Waals surface area contributed by atoms with E-state index in [-0.39, 0.29) is 18.0 Å². The molecule has 7 heteroatoms. The number of amides is 2. The number of nitrogens with zero attached hydrogens (tertiary/aromatic N) is 1. The van der Waals surface area contributed by atoms with Gasteiger partial charge in [-0.2, -0.15) is 0 Å². The highest BCUT2D eigenvalue weighted by molar-refractivity contribution is 5.78. The number of hydrogen-bond donors (Lipinski definition) is 3. The van der Waals surface area contributed by atoms with E-state index in [9.17, 15) is 14.7 Å². The Balaban J connectivity index is 1.70. The first-order chi connectivity index (χ1) is 11.0. The average Bonchev–Trinajstić information content (AvgIpc) is 2.33. The summed E-state index contributed by atoms with van der Waals surface area (Å²) in [6.07, 6.45) is 2.65. The quantitative estimate of drug-likeness (QED) is 0.710. The monoisotopic (exact) mass is 341 g/mol. The molecule has 0 aromatic rings. The van der Waals surface area contributed by atoms with Gasteiger partial charge in [-0.05, 0) is 59.9 Å². The topological polar surface area (TPSA) is 90.9 Å². The maximum absolute atomic E-state index is 12.1. The first-order valence-electron chi connectivity index (χ1n) is 8.76. The predicted molar refractivity (Wildman–Crippen MR) is 90.6 cm³/mol. The van der Waals surface area contributed by atoms with Crippen molar-refractivity contribution in [1.82, 2.24) is 15.5 Å². The number of carbonyl (C=O) groups is 2. The minimum absolute atomic E-state index is 0.00540. The van der Waals surface area contributed by atoms with E-state index >= 15 is 0 Å². The molecule has 138 valence electrons. The zero-order chi connectivity index (χ0) is 18.0. The largest absolute Gasteiger partial charge is 0.444 e. The molecule has 0 aromatic heterocycles. The van der Waals surface area contributed by atoms with Gasteiger partial charge >= 0.3 is 6.09 Å². The SMILES string of the molecule is CC1(O)CC(NC(=O)CN2CCC[C@@H](NC(=O)OC(C)(C)C)C2)C1. The molecule has 2 rings (SSSR count). The van der Waals surface area contributed by atoms with E-state index in [1.807, 2.05) is 20.8 Å². The van der Waals surface area contributed by atoms with Gasteiger partial charge in [-0.3, -0.25) is 9.69 Å². The number of alkyl carbamates (subject to hydrolysis) is 1. The van der Waals surface area contributed by atoms with Crippen molar-refractivity contribution in [2.24, 2.45) is 0 Å². The molecule has 1 heterocycles. The number of carbonyl (C=O) groups excluding carboxylic acids is 2. The van der Waals surface area contributed by atoms with E-state index in [1.54, 1.807) is 6.92 Å². The van der Waals surface area contributed by atoms with Crippen molar-refractivity contribution in [1.29, 1.82) is 0 Å². The fourth-order valence-electron chi connectivity index (χ4n) is 3.37. The molecule has 2 aliphatic rings. The van der Waals surface area contributed by atoms with E-state index < -0.39 is 17.3 Å². The Bertz CT molecular complexity index is 465. The minimum Gasteiger partial charge on any atom is -0.444 e. The van der Waals surface area contributed by atoms with Crippen molar-refractivity contribution in [3.05, 3.63) is 0 Å². The Morgan fingerprint density at radius 2 is 1.92 bits per heavy atom. The van der Waals surface area contributed by atoms with E-state index in [1.165, 1.54) is 0 Å². The standard InChI is InChI=1S/C17H31N3O4/c1-16(2,3)24-15(22)19-12-6-5-7-20(10-12)11-14(21)18-13-8-17(4,23)9-13/h12-13,23H,5-11H2,1-4H3,(H,18,21)(H,19,22)/t12-,13?,17?/m1/s1. The normalized spacial score (nSPS) is 31.0. The van der Waals surface area contributed by atoms with Gasteiger partial charge in [-0.25, -0.2) is 4.79 Å². The average molecular weight is 341 g/mol. The summed E-state index contributed by atoms with van der Waals surface area (Å²) in [6.45, 7) is 9.11. The van der Waals surface area contributed by atoms with Gasteiger partial charge in [0.15, 0.2) is 0 Å². The number of aliphatic hydroxyl groups is 1. The molecule has 1 saturated carbocycles. The fraction of sp³-hybridized carbons (Fsp3) is 0.882. The summed E-state index contributed by atoms with van der Waals surface area (Å²) in [5, 5.41) is 15.5. The fourth-order valence-corrected chi connectivity index (χ4v) is 3.37. The smallest absolute Gasteiger partial charge is 0.407 e. The van der Waals surface area contributed by atoms with Gasteiger partial charge < -0.3 is 20.5 Å². The van der Waals surface area contributed by atoms with Gasteiger partial charge in [-0.1, -0.05) is 0 Å². The van der Waals surface area contributed by atoms with E-state index in [4.69, 9.17) is 4.74 Å². The summed E-state index contributed by atoms with van der Waals surface area (Å²) in [4.78, 5) is 26.0. The Kier molecular flexibility index (Phi) is 5.75. The number of hydrogen-bond acceptors (Lipinski definition) is 5. The third-order valence-electron chi connectivity index (χ3n) is 4.33. The summed E-state index contributed by atoms with van der Waals surface area (Å²) in [6, 6.07) is 0.0822. The lowest BCUT2D eigenvalue weighted by molar-refractivity contribution is -0.126. The Morgan fingerprint density at radius 1 is 1.25 bits per heavy atom. The molecule has 0 unspecified atom stereocenters. The van der Waals surface area contributed by atoms with Crippen LogP contribution >= 0.6 is 0 Å². The lowest BCUT2D eigenvalue weighted by Gasteiger charge is -2.41. The highest BCUT2D eigenvalue weighted by atomic mass is 16.6. The second-order valence-electron chi connectivity index (χ2n) is 8.39. The lowest BCUT2D eigenvalue weighted by atomic mass is 9.77. The summed E-state index contributed by atoms with van der Waals surface area (Å²) < 4.78 is 5.28. The molecule has 2 fully saturated rings. The minimum atomic E-state index is -0.633. The number of ether oxygens (including phenoxy) is 1. The van der Waals surface area contributed by atoms with Crippen LogP contribution in [-0.4, -0.2) is 64.9 Å². The van der Waals surface area contributed by atoms with Crippen molar-refractivity contribution in [3.8, 4) is 0 Å². The molecule has 1 atom stereocenters. The van der Waals surface area contributed by atoms with Gasteiger partial charge in [0.05, 0.1) is 12.1 Å². The maximum atomic E-state index is 12.1. The van der Waals surface area contributed by atoms with Crippen LogP contribution in [0.4, 0.5) is 4.79 Å². The third-order valence-corrected chi connectivity index (χ3v) is 4.33. The van der Waals surface area contributed by atoms with E-state index in [0.29, 0.717) is 25.9 Å². The number of likely N-dealkylation sites (tertiary alicyclic amines) is 1. The van der Waals surface area contributed by atoms with Gasteiger partial charge in [0.2, 0.25) is 5.91 Å². The van der Waals surface area contributed by atoms with Crippen LogP contribution in [0.1, 0.15) is 53.4 Å². The van der Waals surface area contributed by atoms with Crippen LogP contribution in [0.5, 0.6) is 0 Å². The summed E-state index contributed by atoms with van der Waals surface area (Å²) in [5.74, 6) is -0.0200. The lowest BCUT2D eigenvalue weighted by Crippen LogP contribution is -2.56. The van der Waals surface area contributed by atoms with E-state index in [2.05, 4.69) is 15.5 Å². The Hall–Kier alpha value is -1.34. The molecule has 0 aromatic carbocycles. The molecule has 24 heavy (non-hydrogen) atoms. The molecule has 1 aliphatic carbocycles. The zero-order valence-electron chi connectivity index (χ0n) is 15.2. The molecule has 0 radical (unpaired) electrons. The van der Waals surface area contributed by atoms with Crippen molar-refractivity contribution >= 4 is 12.0 Å². The van der Waals surface area contributed by atoms with Crippen LogP contribution in [0, 0.1) is 0 Å². The second-order valence-corrected chi connectivity index (χ2v) is 8.39. The second kappa shape index (κ2) is 7.27. The van der Waals surface area contributed by atoms with Gasteiger partial charge in [-0.15, -0.1) is 0 Å². The van der Waals surface area contributed by atoms with Crippen LogP contribution in [0.25, 0.3) is 0 Å². The van der Waals surface area contributed by atoms with Gasteiger partial charge in [0.1, 0.15) is 5.60 Å². The van der Waals surface area contributed by atoms with Crippen LogP contribution in [-0.2, 0) is 9.53 Å². The van der Waals surface area contributed by atoms with Crippen molar-refractivity contribution < 1.29 is 19.4 Å². The van der Waals surface area contributed by atoms with Gasteiger partial charge in [0, 0.05) is 18.6 Å². The summed E-state index contributed by atoms with van der Waals surface area (Å²) in [5.41, 5.74) is -1.15. The first kappa shape index (κ1) is 19.0. The number of piperidine rings is 1. The molecule has 0 bridgehead atoms. The van der Waals surface area contributed by atoms with Crippen molar-refractivity contribution in [3.63, 3.8) is 0 Å². The predicted octanol–water partition coefficient (Wildman–Crippen LogP) is 1.01. The molecule has 3 N–H and O–H groups in total. The Labute approximate surface area is 144 Å². The highest BCUT2D eigenvalue weighted by Gasteiger charge is 2.39. The maximum Gasteiger partial charge on any atom is 0.407 e. The zero-order valence-corrected chi connectivity index (χ0v) is 15.2. The molecular weight excluding hydrogens is 310 g/mol. The third kappa shape index (κ3) is 6.28. The van der Waals surface area contributed by atoms with E-state index in [0.717, 1.165) is 19.4 Å². The van der Waals surface area contributed by atoms with Gasteiger partial charge in [0.25, 0.3) is 0 Å². The number of rotatable bonds is 4. The molecule has 0 spiro atoms. The molecule has 2 amide bonds. The number of nitrogens with one attached hydrogen (secondary N) is 2. The van der Waals surface area contributed by atoms with Crippen LogP contribution in [0.2, 0.25) is 0 Å². The molecular formula is C17H31N3O4. The first-order valence-corrected chi connectivity index (χ1v) is 8.76.